The summed E-state index contributed by atoms with van der Waals surface area (Å²) < 4.78 is 0. The molecule has 1 N–H and O–H groups in total. The predicted octanol–water partition coefficient (Wildman–Crippen LogP) is 2.77. The van der Waals surface area contributed by atoms with Crippen LogP contribution in [-0.2, 0) is 0 Å². The molecule has 1 saturated heterocycles. The van der Waals surface area contributed by atoms with Crippen molar-refractivity contribution >= 4 is 29.1 Å². The van der Waals surface area contributed by atoms with Gasteiger partial charge < -0.3 is 10.0 Å². The highest BCUT2D eigenvalue weighted by Gasteiger charge is 2.27. The largest absolute Gasteiger partial charge is 0.396 e. The van der Waals surface area contributed by atoms with Gasteiger partial charge in [-0.05, 0) is 37.8 Å². The number of carbonyl (C=O) groups excluding carboxylic acids is 1. The van der Waals surface area contributed by atoms with E-state index in [-0.39, 0.29) is 28.9 Å². The molecule has 1 aliphatic rings. The van der Waals surface area contributed by atoms with Crippen LogP contribution in [0.3, 0.4) is 0 Å². The third-order valence-corrected chi connectivity index (χ3v) is 3.75. The van der Waals surface area contributed by atoms with Gasteiger partial charge in [-0.3, -0.25) is 4.79 Å². The molecule has 0 aliphatic carbocycles. The lowest BCUT2D eigenvalue weighted by Gasteiger charge is -2.35. The van der Waals surface area contributed by atoms with Crippen molar-refractivity contribution in [1.29, 1.82) is 0 Å². The molecular formula is C13H16Cl2N2O2. The third kappa shape index (κ3) is 3.59. The lowest BCUT2D eigenvalue weighted by Crippen LogP contribution is -2.44. The highest BCUT2D eigenvalue weighted by atomic mass is 35.5. The van der Waals surface area contributed by atoms with Gasteiger partial charge in [0, 0.05) is 24.8 Å². The molecular weight excluding hydrogens is 287 g/mol. The number of hydrogen-bond donors (Lipinski definition) is 1. The first-order chi connectivity index (χ1) is 9.11. The van der Waals surface area contributed by atoms with E-state index in [1.54, 1.807) is 0 Å². The second-order valence-corrected chi connectivity index (χ2v) is 5.44. The Morgan fingerprint density at radius 2 is 2.05 bits per heavy atom. The maximum absolute atomic E-state index is 12.5. The zero-order valence-electron chi connectivity index (χ0n) is 10.5. The first-order valence-corrected chi connectivity index (χ1v) is 7.12. The first-order valence-electron chi connectivity index (χ1n) is 6.36. The minimum absolute atomic E-state index is 0.0896. The van der Waals surface area contributed by atoms with Crippen molar-refractivity contribution in [3.8, 4) is 0 Å². The van der Waals surface area contributed by atoms with Gasteiger partial charge in [0.05, 0.1) is 0 Å². The van der Waals surface area contributed by atoms with Crippen LogP contribution in [0.2, 0.25) is 10.3 Å². The Hall–Kier alpha value is -0.840. The molecule has 104 valence electrons. The van der Waals surface area contributed by atoms with E-state index in [1.165, 1.54) is 12.1 Å². The van der Waals surface area contributed by atoms with E-state index in [2.05, 4.69) is 4.98 Å². The quantitative estimate of drug-likeness (QED) is 0.874. The van der Waals surface area contributed by atoms with Gasteiger partial charge in [-0.15, -0.1) is 0 Å². The summed E-state index contributed by atoms with van der Waals surface area (Å²) >= 11 is 11.6. The molecule has 6 heteroatoms. The van der Waals surface area contributed by atoms with E-state index >= 15 is 0 Å². The van der Waals surface area contributed by atoms with Gasteiger partial charge in [0.25, 0.3) is 5.91 Å². The molecule has 0 spiro atoms. The SMILES string of the molecule is O=C(c1cc(Cl)nc(Cl)c1)N1CCCCC1CCO. The number of aromatic nitrogens is 1. The van der Waals surface area contributed by atoms with Gasteiger partial charge in [0.2, 0.25) is 0 Å². The fourth-order valence-corrected chi connectivity index (χ4v) is 2.93. The van der Waals surface area contributed by atoms with E-state index in [1.807, 2.05) is 4.90 Å². The summed E-state index contributed by atoms with van der Waals surface area (Å²) in [5.41, 5.74) is 0.454. The summed E-state index contributed by atoms with van der Waals surface area (Å²) in [7, 11) is 0. The van der Waals surface area contributed by atoms with Crippen molar-refractivity contribution in [2.24, 2.45) is 0 Å². The number of piperidine rings is 1. The van der Waals surface area contributed by atoms with Crippen LogP contribution in [0.5, 0.6) is 0 Å². The van der Waals surface area contributed by atoms with Crippen molar-refractivity contribution in [3.05, 3.63) is 28.0 Å². The number of aliphatic hydroxyl groups excluding tert-OH is 1. The molecule has 19 heavy (non-hydrogen) atoms. The Balaban J connectivity index is 2.20. The van der Waals surface area contributed by atoms with Crippen LogP contribution in [0.4, 0.5) is 0 Å². The summed E-state index contributed by atoms with van der Waals surface area (Å²) in [6, 6.07) is 3.15. The number of aliphatic hydroxyl groups is 1. The summed E-state index contributed by atoms with van der Waals surface area (Å²) in [5.74, 6) is -0.0932. The minimum Gasteiger partial charge on any atom is -0.396 e. The second-order valence-electron chi connectivity index (χ2n) is 4.66. The highest BCUT2D eigenvalue weighted by Crippen LogP contribution is 2.23. The molecule has 1 aliphatic heterocycles. The number of pyridine rings is 1. The lowest BCUT2D eigenvalue weighted by atomic mass is 9.98. The van der Waals surface area contributed by atoms with E-state index in [9.17, 15) is 4.79 Å². The fraction of sp³-hybridized carbons (Fsp3) is 0.538. The molecule has 2 heterocycles. The van der Waals surface area contributed by atoms with Crippen molar-refractivity contribution < 1.29 is 9.90 Å². The van der Waals surface area contributed by atoms with Gasteiger partial charge in [-0.2, -0.15) is 0 Å². The Morgan fingerprint density at radius 1 is 1.37 bits per heavy atom. The smallest absolute Gasteiger partial charge is 0.254 e. The molecule has 0 saturated carbocycles. The molecule has 1 atom stereocenters. The summed E-state index contributed by atoms with van der Waals surface area (Å²) in [4.78, 5) is 18.1. The van der Waals surface area contributed by atoms with Crippen LogP contribution in [0.15, 0.2) is 12.1 Å². The minimum atomic E-state index is -0.0932. The van der Waals surface area contributed by atoms with Crippen LogP contribution in [0.25, 0.3) is 0 Å². The number of nitrogens with zero attached hydrogens (tertiary/aromatic N) is 2. The van der Waals surface area contributed by atoms with Gasteiger partial charge >= 0.3 is 0 Å². The molecule has 0 radical (unpaired) electrons. The van der Waals surface area contributed by atoms with Crippen LogP contribution < -0.4 is 0 Å². The van der Waals surface area contributed by atoms with Crippen molar-refractivity contribution in [2.75, 3.05) is 13.2 Å². The fourth-order valence-electron chi connectivity index (χ4n) is 2.47. The Kier molecular flexibility index (Phi) is 5.02. The summed E-state index contributed by atoms with van der Waals surface area (Å²) in [5, 5.41) is 9.52. The lowest BCUT2D eigenvalue weighted by molar-refractivity contribution is 0.0574. The van der Waals surface area contributed by atoms with Gasteiger partial charge in [0.1, 0.15) is 10.3 Å². The Bertz CT molecular complexity index is 446. The molecule has 1 aromatic rings. The normalized spacial score (nSPS) is 19.5. The zero-order chi connectivity index (χ0) is 13.8. The van der Waals surface area contributed by atoms with Crippen molar-refractivity contribution in [1.82, 2.24) is 9.88 Å². The highest BCUT2D eigenvalue weighted by molar-refractivity contribution is 6.33. The van der Waals surface area contributed by atoms with Crippen molar-refractivity contribution in [2.45, 2.75) is 31.7 Å². The maximum atomic E-state index is 12.5. The average Bonchev–Trinajstić information content (AvgIpc) is 2.38. The van der Waals surface area contributed by atoms with Crippen LogP contribution >= 0.6 is 23.2 Å². The Labute approximate surface area is 122 Å². The third-order valence-electron chi connectivity index (χ3n) is 3.36. The van der Waals surface area contributed by atoms with E-state index < -0.39 is 0 Å². The zero-order valence-corrected chi connectivity index (χ0v) is 12.0. The second kappa shape index (κ2) is 6.55. The van der Waals surface area contributed by atoms with Crippen LogP contribution in [-0.4, -0.2) is 40.1 Å². The summed E-state index contributed by atoms with van der Waals surface area (Å²) in [6.07, 6.45) is 3.61. The Morgan fingerprint density at radius 3 is 2.68 bits per heavy atom. The molecule has 1 fully saturated rings. The van der Waals surface area contributed by atoms with Crippen LogP contribution in [0, 0.1) is 0 Å². The number of carbonyl (C=O) groups is 1. The molecule has 1 aromatic heterocycles. The monoisotopic (exact) mass is 302 g/mol. The molecule has 2 rings (SSSR count). The van der Waals surface area contributed by atoms with Gasteiger partial charge in [0.15, 0.2) is 0 Å². The number of hydrogen-bond acceptors (Lipinski definition) is 3. The number of likely N-dealkylation sites (tertiary alicyclic amines) is 1. The average molecular weight is 303 g/mol. The number of halogens is 2. The van der Waals surface area contributed by atoms with Gasteiger partial charge in [-0.25, -0.2) is 4.98 Å². The molecule has 0 bridgehead atoms. The van der Waals surface area contributed by atoms with Gasteiger partial charge in [-0.1, -0.05) is 23.2 Å². The van der Waals surface area contributed by atoms with E-state index in [0.29, 0.717) is 18.5 Å². The maximum Gasteiger partial charge on any atom is 0.254 e. The van der Waals surface area contributed by atoms with E-state index in [4.69, 9.17) is 28.3 Å². The molecule has 1 amide bonds. The molecule has 4 nitrogen and oxygen atoms in total. The standard InChI is InChI=1S/C13H16Cl2N2O2/c14-11-7-9(8-12(15)16-11)13(19)17-5-2-1-3-10(17)4-6-18/h7-8,10,18H,1-6H2. The molecule has 1 unspecified atom stereocenters. The van der Waals surface area contributed by atoms with Crippen molar-refractivity contribution in [3.63, 3.8) is 0 Å². The topological polar surface area (TPSA) is 53.4 Å². The van der Waals surface area contributed by atoms with E-state index in [0.717, 1.165) is 19.3 Å². The predicted molar refractivity (Wildman–Crippen MR) is 74.6 cm³/mol. The number of amides is 1. The number of rotatable bonds is 3. The first kappa shape index (κ1) is 14.6. The summed E-state index contributed by atoms with van der Waals surface area (Å²) in [6.45, 7) is 0.799. The van der Waals surface area contributed by atoms with Crippen LogP contribution in [0.1, 0.15) is 36.0 Å². The molecule has 0 aromatic carbocycles.